The fraction of sp³-hybridized carbons (Fsp3) is 0. The molecule has 108 valence electrons. The van der Waals surface area contributed by atoms with Crippen LogP contribution in [0, 0.1) is 11.2 Å². The molecule has 0 aliphatic heterocycles. The van der Waals surface area contributed by atoms with Gasteiger partial charge in [-0.15, -0.1) is 23.7 Å². The molecule has 1 N–H and O–H groups in total. The molecule has 0 saturated carbocycles. The van der Waals surface area contributed by atoms with Crippen molar-refractivity contribution in [3.63, 3.8) is 0 Å². The Kier molecular flexibility index (Phi) is 4.83. The van der Waals surface area contributed by atoms with Crippen LogP contribution in [0.3, 0.4) is 0 Å². The van der Waals surface area contributed by atoms with E-state index in [0.717, 1.165) is 11.3 Å². The Labute approximate surface area is 136 Å². The number of nitrogens with one attached hydrogen (secondary N) is 1. The summed E-state index contributed by atoms with van der Waals surface area (Å²) in [4.78, 5) is 0.278. The smallest absolute Gasteiger partial charge is 0.187 e. The number of thiazole rings is 1. The van der Waals surface area contributed by atoms with Gasteiger partial charge in [0.2, 0.25) is 0 Å². The Morgan fingerprint density at radius 1 is 1.05 bits per heavy atom. The minimum absolute atomic E-state index is 0. The lowest BCUT2D eigenvalue weighted by Crippen LogP contribution is -2.13. The van der Waals surface area contributed by atoms with Crippen LogP contribution in [0.2, 0.25) is 5.02 Å². The molecule has 21 heavy (non-hydrogen) atoms. The number of aromatic nitrogens is 1. The molecule has 6 heteroatoms. The molecule has 0 spiro atoms. The summed E-state index contributed by atoms with van der Waals surface area (Å²) in [5, 5.41) is 10.5. The standard InChI is InChI=1S/C15H10ClFN2S.ClH/c16-11-7-5-10(6-8-11)14-9-20-15(18)19(14)13-4-2-1-3-12(13)17;/h1-9,18H;1H. The summed E-state index contributed by atoms with van der Waals surface area (Å²) in [6.07, 6.45) is 0. The molecule has 0 radical (unpaired) electrons. The Bertz CT molecular complexity index is 809. The highest BCUT2D eigenvalue weighted by Crippen LogP contribution is 2.25. The van der Waals surface area contributed by atoms with Gasteiger partial charge < -0.3 is 0 Å². The first-order chi connectivity index (χ1) is 9.66. The van der Waals surface area contributed by atoms with Crippen LogP contribution in [-0.4, -0.2) is 4.57 Å². The maximum absolute atomic E-state index is 14.0. The predicted molar refractivity (Wildman–Crippen MR) is 87.2 cm³/mol. The van der Waals surface area contributed by atoms with Gasteiger partial charge in [-0.25, -0.2) is 4.39 Å². The molecule has 0 aliphatic carbocycles. The van der Waals surface area contributed by atoms with Gasteiger partial charge in [0.05, 0.1) is 11.4 Å². The lowest BCUT2D eigenvalue weighted by atomic mass is 10.1. The topological polar surface area (TPSA) is 28.8 Å². The van der Waals surface area contributed by atoms with E-state index in [9.17, 15) is 4.39 Å². The van der Waals surface area contributed by atoms with Crippen molar-refractivity contribution in [2.45, 2.75) is 0 Å². The second-order valence-electron chi connectivity index (χ2n) is 4.22. The highest BCUT2D eigenvalue weighted by molar-refractivity contribution is 7.07. The zero-order chi connectivity index (χ0) is 14.1. The molecule has 3 aromatic rings. The molecule has 0 unspecified atom stereocenters. The Balaban J connectivity index is 0.00000161. The normalized spacial score (nSPS) is 10.2. The Hall–Kier alpha value is -1.62. The average molecular weight is 341 g/mol. The van der Waals surface area contributed by atoms with Crippen molar-refractivity contribution in [3.05, 3.63) is 69.6 Å². The van der Waals surface area contributed by atoms with Gasteiger partial charge in [0.25, 0.3) is 0 Å². The molecule has 1 aromatic heterocycles. The fourth-order valence-corrected chi connectivity index (χ4v) is 2.91. The second-order valence-corrected chi connectivity index (χ2v) is 5.51. The number of rotatable bonds is 2. The molecular formula is C15H11Cl2FN2S. The van der Waals surface area contributed by atoms with E-state index in [4.69, 9.17) is 17.0 Å². The van der Waals surface area contributed by atoms with E-state index in [1.807, 2.05) is 17.5 Å². The van der Waals surface area contributed by atoms with Crippen molar-refractivity contribution in [2.75, 3.05) is 0 Å². The van der Waals surface area contributed by atoms with Gasteiger partial charge in [0, 0.05) is 10.4 Å². The molecule has 3 rings (SSSR count). The van der Waals surface area contributed by atoms with E-state index in [2.05, 4.69) is 0 Å². The third-order valence-corrected chi connectivity index (χ3v) is 3.96. The minimum Gasteiger partial charge on any atom is -0.283 e. The van der Waals surface area contributed by atoms with Crippen molar-refractivity contribution in [1.82, 2.24) is 4.57 Å². The number of hydrogen-bond donors (Lipinski definition) is 1. The van der Waals surface area contributed by atoms with Crippen LogP contribution in [0.15, 0.2) is 53.9 Å². The first-order valence-corrected chi connectivity index (χ1v) is 7.18. The van der Waals surface area contributed by atoms with Gasteiger partial charge in [-0.05, 0) is 29.8 Å². The maximum Gasteiger partial charge on any atom is 0.187 e. The zero-order valence-electron chi connectivity index (χ0n) is 10.7. The third kappa shape index (κ3) is 3.02. The van der Waals surface area contributed by atoms with Gasteiger partial charge in [-0.3, -0.25) is 9.98 Å². The van der Waals surface area contributed by atoms with E-state index < -0.39 is 0 Å². The molecule has 0 bridgehead atoms. The lowest BCUT2D eigenvalue weighted by Gasteiger charge is -2.09. The van der Waals surface area contributed by atoms with Gasteiger partial charge in [-0.1, -0.05) is 35.9 Å². The largest absolute Gasteiger partial charge is 0.283 e. The van der Waals surface area contributed by atoms with Crippen LogP contribution in [0.25, 0.3) is 16.9 Å². The summed E-state index contributed by atoms with van der Waals surface area (Å²) in [6.45, 7) is 0. The van der Waals surface area contributed by atoms with Gasteiger partial charge in [-0.2, -0.15) is 0 Å². The van der Waals surface area contributed by atoms with E-state index in [1.54, 1.807) is 34.9 Å². The summed E-state index contributed by atoms with van der Waals surface area (Å²) >= 11 is 7.15. The third-order valence-electron chi connectivity index (χ3n) is 2.96. The Morgan fingerprint density at radius 3 is 2.38 bits per heavy atom. The number of para-hydroxylation sites is 1. The maximum atomic E-state index is 14.0. The lowest BCUT2D eigenvalue weighted by molar-refractivity contribution is 0.617. The average Bonchev–Trinajstić information content (AvgIpc) is 2.82. The molecule has 0 aliphatic rings. The summed E-state index contributed by atoms with van der Waals surface area (Å²) in [7, 11) is 0. The molecule has 2 aromatic carbocycles. The summed E-state index contributed by atoms with van der Waals surface area (Å²) in [6, 6.07) is 13.7. The van der Waals surface area contributed by atoms with Crippen molar-refractivity contribution >= 4 is 35.3 Å². The van der Waals surface area contributed by atoms with Crippen LogP contribution in [0.5, 0.6) is 0 Å². The van der Waals surface area contributed by atoms with Crippen LogP contribution in [0.1, 0.15) is 0 Å². The summed E-state index contributed by atoms with van der Waals surface area (Å²) < 4.78 is 15.6. The molecule has 0 atom stereocenters. The van der Waals surface area contributed by atoms with Crippen molar-refractivity contribution in [1.29, 1.82) is 5.41 Å². The first-order valence-electron chi connectivity index (χ1n) is 5.93. The number of hydrogen-bond acceptors (Lipinski definition) is 2. The van der Waals surface area contributed by atoms with E-state index in [1.165, 1.54) is 17.4 Å². The van der Waals surface area contributed by atoms with E-state index >= 15 is 0 Å². The van der Waals surface area contributed by atoms with Crippen LogP contribution < -0.4 is 4.80 Å². The van der Waals surface area contributed by atoms with Crippen molar-refractivity contribution < 1.29 is 4.39 Å². The first kappa shape index (κ1) is 15.8. The quantitative estimate of drug-likeness (QED) is 0.687. The zero-order valence-corrected chi connectivity index (χ0v) is 13.1. The second kappa shape index (κ2) is 6.43. The molecule has 0 amide bonds. The van der Waals surface area contributed by atoms with Crippen LogP contribution in [0.4, 0.5) is 4.39 Å². The molecule has 0 saturated heterocycles. The van der Waals surface area contributed by atoms with Crippen LogP contribution >= 0.6 is 35.3 Å². The number of nitrogens with zero attached hydrogens (tertiary/aromatic N) is 1. The van der Waals surface area contributed by atoms with Crippen molar-refractivity contribution in [2.24, 2.45) is 0 Å². The molecule has 1 heterocycles. The van der Waals surface area contributed by atoms with Gasteiger partial charge in [0.1, 0.15) is 5.82 Å². The molecule has 0 fully saturated rings. The number of halogens is 3. The highest BCUT2D eigenvalue weighted by atomic mass is 35.5. The van der Waals surface area contributed by atoms with E-state index in [0.29, 0.717) is 10.7 Å². The fourth-order valence-electron chi connectivity index (χ4n) is 2.02. The van der Waals surface area contributed by atoms with Crippen LogP contribution in [-0.2, 0) is 0 Å². The number of benzene rings is 2. The minimum atomic E-state index is -0.348. The summed E-state index contributed by atoms with van der Waals surface area (Å²) in [5.41, 5.74) is 2.05. The predicted octanol–water partition coefficient (Wildman–Crippen LogP) is 4.90. The molecule has 2 nitrogen and oxygen atoms in total. The molecular weight excluding hydrogens is 330 g/mol. The van der Waals surface area contributed by atoms with Crippen molar-refractivity contribution in [3.8, 4) is 16.9 Å². The highest BCUT2D eigenvalue weighted by Gasteiger charge is 2.12. The Morgan fingerprint density at radius 2 is 1.71 bits per heavy atom. The van der Waals surface area contributed by atoms with Gasteiger partial charge in [0.15, 0.2) is 4.80 Å². The SMILES string of the molecule is Cl.N=c1scc(-c2ccc(Cl)cc2)n1-c1ccccc1F. The summed E-state index contributed by atoms with van der Waals surface area (Å²) in [5.74, 6) is -0.348. The van der Waals surface area contributed by atoms with Gasteiger partial charge >= 0.3 is 0 Å². The van der Waals surface area contributed by atoms with E-state index in [-0.39, 0.29) is 23.0 Å². The monoisotopic (exact) mass is 340 g/mol.